The molecule has 5 rings (SSSR count). The van der Waals surface area contributed by atoms with E-state index < -0.39 is 208 Å². The van der Waals surface area contributed by atoms with Crippen molar-refractivity contribution in [3.8, 4) is 0 Å². The van der Waals surface area contributed by atoms with Gasteiger partial charge in [0.15, 0.2) is 25.2 Å². The quantitative estimate of drug-likeness (QED) is 0.0217. The van der Waals surface area contributed by atoms with Crippen molar-refractivity contribution < 1.29 is 152 Å². The Hall–Kier alpha value is -0.430. The first-order valence-corrected chi connectivity index (χ1v) is 27.1. The molecule has 21 N–H and O–H groups in total. The molecular weight excluding hydrogens is 1070 g/mol. The normalized spacial score (nSPS) is 45.9. The van der Waals surface area contributed by atoms with E-state index in [0.717, 1.165) is 12.8 Å². The fourth-order valence-electron chi connectivity index (χ4n) is 8.47. The number of aliphatic hydroxyl groups is 15. The zero-order valence-electron chi connectivity index (χ0n) is 39.3. The Kier molecular flexibility index (Phi) is 25.1. The molecule has 2 unspecified atom stereocenters. The van der Waals surface area contributed by atoms with Crippen LogP contribution in [0.25, 0.3) is 0 Å². The summed E-state index contributed by atoms with van der Waals surface area (Å²) in [4.78, 5) is 20.4. The smallest absolute Gasteiger partial charge is 0.394 e. The molecule has 28 atom stereocenters. The fraction of sp³-hybridized carbons (Fsp3) is 1.00. The number of phosphoric ester groups is 2. The molecule has 0 aromatic heterocycles. The van der Waals surface area contributed by atoms with E-state index in [4.69, 9.17) is 62.9 Å². The van der Waals surface area contributed by atoms with Crippen LogP contribution in [-0.4, -0.2) is 298 Å². The SMILES string of the molecule is NCCOP(=O)(O)OC[C@H]1O[C@H](O[C@@H]2[C@@H](OC[C@H]3O[C@H](O[C@H]4[C@H](O)[C@@H](N)[C@@H](O[C@@H]5[C@@H](O)[C@H](O)[C@@H](O)[C@@H](O)[C@H]5OP(=O)(O)OCCCCCCS)O[C@@H]4CO)[C@@H](O)[C@@H](O)[C@@H]3O)O[C@H](CO)[C@@H](O)[C@@H]2O)[C@@H](O)[C@@H](O)[C@@H]1O. The van der Waals surface area contributed by atoms with Crippen LogP contribution < -0.4 is 11.5 Å². The van der Waals surface area contributed by atoms with Gasteiger partial charge in [-0.15, -0.1) is 0 Å². The van der Waals surface area contributed by atoms with Crippen LogP contribution in [-0.2, 0) is 65.1 Å². The average molecular weight is 1150 g/mol. The standard InChI is InChI=1S/C38H72N2O31P2S/c39-5-7-62-72(56,57)63-12-16-20(45)23(48)30(55)37(67-16)70-34-26(51)18(43)13(9-41)64-38(34)60-11-15-19(44)22(47)29(54)36(66-15)68-31-14(10-42)65-35(17(40)21(31)46)69-32-27(52)24(49)25(50)28(53)33(32)71-73(58,59)61-6-3-1-2-4-8-74/h13-38,41-55,74H,1-12,39-40H2,(H,56,57)(H,58,59)/t13-,14-,15-,16-,17-,18-,19-,20-,21-,22+,23+,24-,25-,26+,27+,28-,29+,30+,31-,32-,33-,34+,35-,36-,37-,38+/m1/s1. The lowest BCUT2D eigenvalue weighted by atomic mass is 9.84. The molecule has 4 aliphatic heterocycles. The summed E-state index contributed by atoms with van der Waals surface area (Å²) in [7, 11) is -9.87. The van der Waals surface area contributed by atoms with Crippen LogP contribution >= 0.6 is 28.3 Å². The van der Waals surface area contributed by atoms with Crippen LogP contribution in [0.4, 0.5) is 0 Å². The summed E-state index contributed by atoms with van der Waals surface area (Å²) in [5.74, 6) is 0.625. The first-order valence-electron chi connectivity index (χ1n) is 23.4. The zero-order valence-corrected chi connectivity index (χ0v) is 42.0. The highest BCUT2D eigenvalue weighted by Gasteiger charge is 2.57. The molecule has 1 saturated carbocycles. The van der Waals surface area contributed by atoms with Gasteiger partial charge in [-0.05, 0) is 18.6 Å². The summed E-state index contributed by atoms with van der Waals surface area (Å²) < 4.78 is 90.0. The van der Waals surface area contributed by atoms with Crippen LogP contribution in [0.15, 0.2) is 0 Å². The van der Waals surface area contributed by atoms with Gasteiger partial charge in [0.05, 0.1) is 45.7 Å². The van der Waals surface area contributed by atoms with Crippen molar-refractivity contribution in [1.82, 2.24) is 0 Å². The predicted molar refractivity (Wildman–Crippen MR) is 239 cm³/mol. The van der Waals surface area contributed by atoms with Crippen LogP contribution in [0.3, 0.4) is 0 Å². The first kappa shape index (κ1) is 64.4. The highest BCUT2D eigenvalue weighted by atomic mass is 32.1. The molecule has 5 fully saturated rings. The maximum Gasteiger partial charge on any atom is 0.472 e. The molecule has 0 aromatic carbocycles. The van der Waals surface area contributed by atoms with Gasteiger partial charge in [-0.2, -0.15) is 12.6 Å². The van der Waals surface area contributed by atoms with Gasteiger partial charge in [0.25, 0.3) is 0 Å². The van der Waals surface area contributed by atoms with Crippen molar-refractivity contribution in [1.29, 1.82) is 0 Å². The number of unbranched alkanes of at least 4 members (excludes halogenated alkanes) is 3. The summed E-state index contributed by atoms with van der Waals surface area (Å²) in [6, 6.07) is -1.80. The molecule has 1 aliphatic carbocycles. The maximum atomic E-state index is 13.0. The van der Waals surface area contributed by atoms with Crippen molar-refractivity contribution in [3.63, 3.8) is 0 Å². The van der Waals surface area contributed by atoms with Gasteiger partial charge in [0, 0.05) is 6.54 Å². The lowest BCUT2D eigenvalue weighted by Crippen LogP contribution is -2.69. The van der Waals surface area contributed by atoms with Crippen molar-refractivity contribution in [2.75, 3.05) is 51.9 Å². The molecule has 4 heterocycles. The van der Waals surface area contributed by atoms with Crippen molar-refractivity contribution in [2.45, 2.75) is 185 Å². The summed E-state index contributed by atoms with van der Waals surface area (Å²) in [6.07, 6.45) is -47.7. The number of ether oxygens (including phenoxy) is 8. The van der Waals surface area contributed by atoms with E-state index in [9.17, 15) is 95.5 Å². The molecule has 0 amide bonds. The van der Waals surface area contributed by atoms with Crippen LogP contribution in [0.1, 0.15) is 25.7 Å². The fourth-order valence-corrected chi connectivity index (χ4v) is 10.4. The summed E-state index contributed by atoms with van der Waals surface area (Å²) in [5, 5.41) is 161. The second kappa shape index (κ2) is 28.8. The molecule has 36 heteroatoms. The maximum absolute atomic E-state index is 13.0. The third-order valence-corrected chi connectivity index (χ3v) is 15.1. The Balaban J connectivity index is 1.27. The van der Waals surface area contributed by atoms with Gasteiger partial charge in [0.2, 0.25) is 0 Å². The minimum absolute atomic E-state index is 0.172. The number of nitrogens with two attached hydrogens (primary N) is 2. The Labute approximate surface area is 427 Å². The minimum atomic E-state index is -5.09. The predicted octanol–water partition coefficient (Wildman–Crippen LogP) is -9.84. The van der Waals surface area contributed by atoms with Crippen molar-refractivity contribution >= 4 is 28.3 Å². The number of hydrogen-bond donors (Lipinski definition) is 20. The Morgan fingerprint density at radius 2 is 0.905 bits per heavy atom. The monoisotopic (exact) mass is 1150 g/mol. The number of rotatable bonds is 26. The lowest BCUT2D eigenvalue weighted by Gasteiger charge is -2.49. The van der Waals surface area contributed by atoms with E-state index in [1.807, 2.05) is 0 Å². The molecule has 0 spiro atoms. The highest BCUT2D eigenvalue weighted by molar-refractivity contribution is 7.80. The third kappa shape index (κ3) is 15.9. The van der Waals surface area contributed by atoms with Crippen LogP contribution in [0, 0.1) is 0 Å². The molecule has 74 heavy (non-hydrogen) atoms. The minimum Gasteiger partial charge on any atom is -0.394 e. The molecule has 436 valence electrons. The Morgan fingerprint density at radius 3 is 1.47 bits per heavy atom. The highest BCUT2D eigenvalue weighted by Crippen LogP contribution is 2.48. The number of thiol groups is 1. The van der Waals surface area contributed by atoms with Gasteiger partial charge in [-0.3, -0.25) is 18.1 Å². The summed E-state index contributed by atoms with van der Waals surface area (Å²) in [5.41, 5.74) is 11.5. The third-order valence-electron chi connectivity index (χ3n) is 12.7. The second-order valence-corrected chi connectivity index (χ2v) is 21.3. The molecule has 0 radical (unpaired) electrons. The van der Waals surface area contributed by atoms with Gasteiger partial charge in [-0.25, -0.2) is 9.13 Å². The van der Waals surface area contributed by atoms with Crippen molar-refractivity contribution in [3.05, 3.63) is 0 Å². The molecular formula is C38H72N2O31P2S. The number of hydrogen-bond acceptors (Lipinski definition) is 32. The van der Waals surface area contributed by atoms with E-state index in [-0.39, 0.29) is 13.2 Å². The summed E-state index contributed by atoms with van der Waals surface area (Å²) >= 11 is 4.11. The molecule has 4 saturated heterocycles. The average Bonchev–Trinajstić information content (AvgIpc) is 3.37. The Bertz CT molecular complexity index is 1780. The van der Waals surface area contributed by atoms with E-state index >= 15 is 0 Å². The molecule has 0 aromatic rings. The van der Waals surface area contributed by atoms with Crippen LogP contribution in [0.2, 0.25) is 0 Å². The molecule has 33 nitrogen and oxygen atoms in total. The first-order chi connectivity index (χ1) is 34.8. The zero-order chi connectivity index (χ0) is 55.0. The lowest BCUT2D eigenvalue weighted by molar-refractivity contribution is -0.377. The van der Waals surface area contributed by atoms with Gasteiger partial charge < -0.3 is 136 Å². The van der Waals surface area contributed by atoms with Gasteiger partial charge >= 0.3 is 15.6 Å². The van der Waals surface area contributed by atoms with Crippen molar-refractivity contribution in [2.24, 2.45) is 11.5 Å². The van der Waals surface area contributed by atoms with E-state index in [1.165, 1.54) is 0 Å². The topological polar surface area (TPSA) is 541 Å². The summed E-state index contributed by atoms with van der Waals surface area (Å²) in [6.45, 7) is -4.72. The number of phosphoric acid groups is 2. The largest absolute Gasteiger partial charge is 0.472 e. The van der Waals surface area contributed by atoms with E-state index in [1.54, 1.807) is 0 Å². The van der Waals surface area contributed by atoms with Gasteiger partial charge in [0.1, 0.15) is 128 Å². The second-order valence-electron chi connectivity index (χ2n) is 18.0. The van der Waals surface area contributed by atoms with Crippen LogP contribution in [0.5, 0.6) is 0 Å². The number of aliphatic hydroxyl groups excluding tert-OH is 15. The molecule has 5 aliphatic rings. The molecule has 0 bridgehead atoms. The van der Waals surface area contributed by atoms with E-state index in [0.29, 0.717) is 18.6 Å². The Morgan fingerprint density at radius 1 is 0.446 bits per heavy atom. The van der Waals surface area contributed by atoms with Gasteiger partial charge in [-0.1, -0.05) is 12.8 Å². The van der Waals surface area contributed by atoms with E-state index in [2.05, 4.69) is 17.2 Å².